The molecule has 0 saturated carbocycles. The molecule has 1 fully saturated rings. The fourth-order valence-electron chi connectivity index (χ4n) is 3.14. The first-order chi connectivity index (χ1) is 12.6. The van der Waals surface area contributed by atoms with Crippen molar-refractivity contribution < 1.29 is 14.3 Å². The smallest absolute Gasteiger partial charge is 0.339 e. The second kappa shape index (κ2) is 7.91. The molecule has 3 rings (SSSR count). The van der Waals surface area contributed by atoms with E-state index in [0.717, 1.165) is 13.1 Å². The monoisotopic (exact) mass is 353 g/mol. The number of aryl methyl sites for hydroxylation is 1. The van der Waals surface area contributed by atoms with Crippen molar-refractivity contribution in [3.63, 3.8) is 0 Å². The van der Waals surface area contributed by atoms with Gasteiger partial charge in [0.25, 0.3) is 0 Å². The van der Waals surface area contributed by atoms with Crippen LogP contribution in [0.25, 0.3) is 0 Å². The summed E-state index contributed by atoms with van der Waals surface area (Å²) >= 11 is 0. The van der Waals surface area contributed by atoms with Gasteiger partial charge in [-0.15, -0.1) is 0 Å². The quantitative estimate of drug-likeness (QED) is 0.861. The molecule has 6 nitrogen and oxygen atoms in total. The van der Waals surface area contributed by atoms with Crippen molar-refractivity contribution in [3.8, 4) is 0 Å². The summed E-state index contributed by atoms with van der Waals surface area (Å²) in [6.45, 7) is 4.90. The molecule has 0 aliphatic carbocycles. The van der Waals surface area contributed by atoms with Crippen LogP contribution in [-0.4, -0.2) is 50.2 Å². The van der Waals surface area contributed by atoms with E-state index in [0.29, 0.717) is 24.3 Å². The minimum atomic E-state index is -0.467. The summed E-state index contributed by atoms with van der Waals surface area (Å²) in [4.78, 5) is 28.5. The Morgan fingerprint density at radius 3 is 2.31 bits per heavy atom. The summed E-state index contributed by atoms with van der Waals surface area (Å²) in [5.74, 6) is -0.467. The van der Waals surface area contributed by atoms with Crippen LogP contribution in [-0.2, 0) is 4.74 Å². The fraction of sp³-hybridized carbons (Fsp3) is 0.300. The van der Waals surface area contributed by atoms with Crippen LogP contribution < -0.4 is 10.2 Å². The van der Waals surface area contributed by atoms with Gasteiger partial charge in [-0.3, -0.25) is 0 Å². The molecule has 0 atom stereocenters. The molecule has 0 bridgehead atoms. The zero-order valence-corrected chi connectivity index (χ0v) is 15.1. The number of nitrogens with one attached hydrogen (secondary N) is 1. The first kappa shape index (κ1) is 17.8. The summed E-state index contributed by atoms with van der Waals surface area (Å²) < 4.78 is 4.77. The highest BCUT2D eigenvalue weighted by atomic mass is 16.5. The highest BCUT2D eigenvalue weighted by Crippen LogP contribution is 2.21. The van der Waals surface area contributed by atoms with Crippen LogP contribution in [0.3, 0.4) is 0 Å². The molecule has 6 heteroatoms. The maximum Gasteiger partial charge on any atom is 0.339 e. The molecule has 0 spiro atoms. The second-order valence-electron chi connectivity index (χ2n) is 6.23. The zero-order chi connectivity index (χ0) is 18.5. The molecule has 26 heavy (non-hydrogen) atoms. The molecule has 1 aliphatic heterocycles. The number of ether oxygens (including phenoxy) is 1. The lowest BCUT2D eigenvalue weighted by Gasteiger charge is -2.36. The Hall–Kier alpha value is -3.02. The normalized spacial score (nSPS) is 14.1. The number of urea groups is 1. The van der Waals surface area contributed by atoms with Crippen LogP contribution in [0.1, 0.15) is 15.9 Å². The predicted molar refractivity (Wildman–Crippen MR) is 102 cm³/mol. The van der Waals surface area contributed by atoms with Gasteiger partial charge in [0.1, 0.15) is 0 Å². The summed E-state index contributed by atoms with van der Waals surface area (Å²) in [7, 11) is 1.33. The van der Waals surface area contributed by atoms with E-state index in [1.54, 1.807) is 29.2 Å². The number of hydrogen-bond donors (Lipinski definition) is 1. The maximum atomic E-state index is 12.6. The van der Waals surface area contributed by atoms with Crippen LogP contribution in [0, 0.1) is 6.92 Å². The van der Waals surface area contributed by atoms with Crippen LogP contribution in [0.2, 0.25) is 0 Å². The van der Waals surface area contributed by atoms with Crippen molar-refractivity contribution in [1.82, 2.24) is 4.90 Å². The van der Waals surface area contributed by atoms with Gasteiger partial charge in [0, 0.05) is 31.9 Å². The SMILES string of the molecule is COC(=O)c1ccccc1NC(=O)N1CCN(c2ccccc2C)CC1. The topological polar surface area (TPSA) is 61.9 Å². The minimum Gasteiger partial charge on any atom is -0.465 e. The van der Waals surface area contributed by atoms with Crippen molar-refractivity contribution in [2.75, 3.05) is 43.5 Å². The number of esters is 1. The summed E-state index contributed by atoms with van der Waals surface area (Å²) in [6, 6.07) is 14.9. The van der Waals surface area contributed by atoms with Crippen molar-refractivity contribution in [3.05, 3.63) is 59.7 Å². The summed E-state index contributed by atoms with van der Waals surface area (Å²) in [5, 5.41) is 2.83. The Labute approximate surface area is 153 Å². The number of amides is 2. The Morgan fingerprint density at radius 2 is 1.62 bits per heavy atom. The minimum absolute atomic E-state index is 0.203. The van der Waals surface area contributed by atoms with Gasteiger partial charge in [0.05, 0.1) is 18.4 Å². The third-order valence-corrected chi connectivity index (χ3v) is 4.60. The number of benzene rings is 2. The molecule has 1 aliphatic rings. The number of rotatable bonds is 3. The maximum absolute atomic E-state index is 12.6. The molecular weight excluding hydrogens is 330 g/mol. The van der Waals surface area contributed by atoms with E-state index in [2.05, 4.69) is 29.3 Å². The molecule has 136 valence electrons. The highest BCUT2D eigenvalue weighted by molar-refractivity contribution is 6.00. The Kier molecular flexibility index (Phi) is 5.41. The third-order valence-electron chi connectivity index (χ3n) is 4.60. The van der Waals surface area contributed by atoms with E-state index in [1.165, 1.54) is 18.4 Å². The number of carbonyl (C=O) groups excluding carboxylic acids is 2. The lowest BCUT2D eigenvalue weighted by atomic mass is 10.1. The number of nitrogens with zero attached hydrogens (tertiary/aromatic N) is 2. The van der Waals surface area contributed by atoms with Gasteiger partial charge in [-0.1, -0.05) is 30.3 Å². The highest BCUT2D eigenvalue weighted by Gasteiger charge is 2.23. The van der Waals surface area contributed by atoms with Crippen molar-refractivity contribution >= 4 is 23.4 Å². The molecule has 1 N–H and O–H groups in total. The number of hydrogen-bond acceptors (Lipinski definition) is 4. The fourth-order valence-corrected chi connectivity index (χ4v) is 3.14. The van der Waals surface area contributed by atoms with E-state index in [1.807, 2.05) is 12.1 Å². The number of methoxy groups -OCH3 is 1. The Balaban J connectivity index is 1.63. The van der Waals surface area contributed by atoms with E-state index in [4.69, 9.17) is 4.74 Å². The molecule has 1 heterocycles. The van der Waals surface area contributed by atoms with Crippen LogP contribution in [0.15, 0.2) is 48.5 Å². The van der Waals surface area contributed by atoms with E-state index >= 15 is 0 Å². The van der Waals surface area contributed by atoms with Crippen LogP contribution in [0.5, 0.6) is 0 Å². The number of para-hydroxylation sites is 2. The average Bonchev–Trinajstić information content (AvgIpc) is 2.68. The molecule has 0 aromatic heterocycles. The van der Waals surface area contributed by atoms with Gasteiger partial charge in [-0.05, 0) is 30.7 Å². The molecule has 0 unspecified atom stereocenters. The number of carbonyl (C=O) groups is 2. The van der Waals surface area contributed by atoms with E-state index in [-0.39, 0.29) is 6.03 Å². The third kappa shape index (κ3) is 3.79. The molecule has 2 amide bonds. The van der Waals surface area contributed by atoms with Gasteiger partial charge in [-0.25, -0.2) is 9.59 Å². The predicted octanol–water partition coefficient (Wildman–Crippen LogP) is 3.14. The molecule has 1 saturated heterocycles. The van der Waals surface area contributed by atoms with E-state index < -0.39 is 5.97 Å². The molecular formula is C20H23N3O3. The number of anilines is 2. The molecule has 2 aromatic carbocycles. The van der Waals surface area contributed by atoms with Gasteiger partial charge >= 0.3 is 12.0 Å². The lowest BCUT2D eigenvalue weighted by molar-refractivity contribution is 0.0602. The number of piperazine rings is 1. The summed E-state index contributed by atoms with van der Waals surface area (Å²) in [6.07, 6.45) is 0. The standard InChI is InChI=1S/C20H23N3O3/c1-15-7-3-6-10-18(15)22-11-13-23(14-12-22)20(25)21-17-9-5-4-8-16(17)19(24)26-2/h3-10H,11-14H2,1-2H3,(H,21,25). The van der Waals surface area contributed by atoms with Crippen molar-refractivity contribution in [2.45, 2.75) is 6.92 Å². The van der Waals surface area contributed by atoms with Crippen LogP contribution in [0.4, 0.5) is 16.2 Å². The van der Waals surface area contributed by atoms with Crippen LogP contribution >= 0.6 is 0 Å². The van der Waals surface area contributed by atoms with E-state index in [9.17, 15) is 9.59 Å². The molecule has 0 radical (unpaired) electrons. The van der Waals surface area contributed by atoms with Crippen molar-refractivity contribution in [2.24, 2.45) is 0 Å². The van der Waals surface area contributed by atoms with Gasteiger partial charge < -0.3 is 19.9 Å². The van der Waals surface area contributed by atoms with Gasteiger partial charge in [0.15, 0.2) is 0 Å². The largest absolute Gasteiger partial charge is 0.465 e. The van der Waals surface area contributed by atoms with Gasteiger partial charge in [0.2, 0.25) is 0 Å². The van der Waals surface area contributed by atoms with Crippen molar-refractivity contribution in [1.29, 1.82) is 0 Å². The zero-order valence-electron chi connectivity index (χ0n) is 15.1. The van der Waals surface area contributed by atoms with Gasteiger partial charge in [-0.2, -0.15) is 0 Å². The second-order valence-corrected chi connectivity index (χ2v) is 6.23. The Bertz CT molecular complexity index is 798. The Morgan fingerprint density at radius 1 is 0.962 bits per heavy atom. The average molecular weight is 353 g/mol. The lowest BCUT2D eigenvalue weighted by Crippen LogP contribution is -2.50. The summed E-state index contributed by atoms with van der Waals surface area (Å²) in [5.41, 5.74) is 3.26. The molecule has 2 aromatic rings. The first-order valence-corrected chi connectivity index (χ1v) is 8.64. The first-order valence-electron chi connectivity index (χ1n) is 8.64.